The molecule has 1 fully saturated rings. The summed E-state index contributed by atoms with van der Waals surface area (Å²) in [6.45, 7) is 5.51. The third-order valence-corrected chi connectivity index (χ3v) is 4.40. The number of alkyl halides is 1. The van der Waals surface area contributed by atoms with E-state index in [0.717, 1.165) is 17.6 Å². The molecule has 0 saturated carbocycles. The Bertz CT molecular complexity index is 350. The molecule has 0 aliphatic carbocycles. The molecule has 2 atom stereocenters. The summed E-state index contributed by atoms with van der Waals surface area (Å²) in [5.41, 5.74) is 1.39. The summed E-state index contributed by atoms with van der Waals surface area (Å²) in [5.74, 6) is 0.654. The van der Waals surface area contributed by atoms with Crippen LogP contribution < -0.4 is 0 Å². The largest absolute Gasteiger partial charge is 0.299 e. The Morgan fingerprint density at radius 1 is 1.41 bits per heavy atom. The minimum absolute atomic E-state index is 0.294. The summed E-state index contributed by atoms with van der Waals surface area (Å²) in [6, 6.07) is 8.61. The highest BCUT2D eigenvalue weighted by Gasteiger charge is 2.23. The lowest BCUT2D eigenvalue weighted by atomic mass is 9.95. The van der Waals surface area contributed by atoms with E-state index in [1.54, 1.807) is 0 Å². The molecule has 1 aromatic rings. The minimum Gasteiger partial charge on any atom is -0.299 e. The molecular formula is C14H19BrClN. The first-order valence-corrected chi connectivity index (χ1v) is 7.49. The van der Waals surface area contributed by atoms with Gasteiger partial charge < -0.3 is 0 Å². The minimum atomic E-state index is 0.294. The standard InChI is InChI=1S/C14H19BrClN/c1-11(16)13-3-2-8-17(10-13)9-12-4-6-14(15)7-5-12/h4-7,11,13H,2-3,8-10H2,1H3/t11-,13+/m1/s1. The number of likely N-dealkylation sites (tertiary alicyclic amines) is 1. The molecule has 1 saturated heterocycles. The maximum absolute atomic E-state index is 6.21. The van der Waals surface area contributed by atoms with Crippen molar-refractivity contribution in [3.05, 3.63) is 34.3 Å². The van der Waals surface area contributed by atoms with Crippen molar-refractivity contribution in [2.45, 2.75) is 31.7 Å². The van der Waals surface area contributed by atoms with E-state index in [1.807, 2.05) is 0 Å². The van der Waals surface area contributed by atoms with Crippen LogP contribution in [-0.4, -0.2) is 23.4 Å². The molecule has 0 radical (unpaired) electrons. The van der Waals surface area contributed by atoms with Crippen molar-refractivity contribution >= 4 is 27.5 Å². The van der Waals surface area contributed by atoms with Crippen LogP contribution in [0.25, 0.3) is 0 Å². The second-order valence-corrected chi connectivity index (χ2v) is 6.55. The number of rotatable bonds is 3. The highest BCUT2D eigenvalue weighted by atomic mass is 79.9. The third kappa shape index (κ3) is 3.97. The molecule has 3 heteroatoms. The van der Waals surface area contributed by atoms with E-state index in [0.29, 0.717) is 11.3 Å². The first kappa shape index (κ1) is 13.4. The molecule has 1 heterocycles. The molecule has 0 bridgehead atoms. The highest BCUT2D eigenvalue weighted by Crippen LogP contribution is 2.24. The number of halogens is 2. The van der Waals surface area contributed by atoms with Crippen LogP contribution in [0.1, 0.15) is 25.3 Å². The first-order valence-electron chi connectivity index (χ1n) is 6.26. The van der Waals surface area contributed by atoms with Gasteiger partial charge in [0.1, 0.15) is 0 Å². The summed E-state index contributed by atoms with van der Waals surface area (Å²) in [7, 11) is 0. The van der Waals surface area contributed by atoms with Crippen LogP contribution in [0.15, 0.2) is 28.7 Å². The van der Waals surface area contributed by atoms with Crippen molar-refractivity contribution in [2.75, 3.05) is 13.1 Å². The van der Waals surface area contributed by atoms with Crippen molar-refractivity contribution in [2.24, 2.45) is 5.92 Å². The van der Waals surface area contributed by atoms with Gasteiger partial charge in [-0.1, -0.05) is 28.1 Å². The fourth-order valence-corrected chi connectivity index (χ4v) is 2.93. The molecule has 0 N–H and O–H groups in total. The van der Waals surface area contributed by atoms with Crippen LogP contribution in [-0.2, 0) is 6.54 Å². The van der Waals surface area contributed by atoms with Crippen molar-refractivity contribution in [1.82, 2.24) is 4.90 Å². The quantitative estimate of drug-likeness (QED) is 0.752. The van der Waals surface area contributed by atoms with Crippen molar-refractivity contribution in [3.63, 3.8) is 0 Å². The topological polar surface area (TPSA) is 3.24 Å². The molecule has 1 aromatic carbocycles. The average Bonchev–Trinajstić information content (AvgIpc) is 2.32. The zero-order chi connectivity index (χ0) is 12.3. The lowest BCUT2D eigenvalue weighted by Gasteiger charge is -2.34. The summed E-state index contributed by atoms with van der Waals surface area (Å²) in [4.78, 5) is 2.52. The molecule has 0 amide bonds. The van der Waals surface area contributed by atoms with E-state index in [1.165, 1.54) is 24.9 Å². The van der Waals surface area contributed by atoms with Crippen molar-refractivity contribution in [3.8, 4) is 0 Å². The smallest absolute Gasteiger partial charge is 0.0348 e. The van der Waals surface area contributed by atoms with Gasteiger partial charge in [0.05, 0.1) is 0 Å². The zero-order valence-electron chi connectivity index (χ0n) is 10.2. The van der Waals surface area contributed by atoms with E-state index >= 15 is 0 Å². The maximum atomic E-state index is 6.21. The second kappa shape index (κ2) is 6.21. The Balaban J connectivity index is 1.92. The van der Waals surface area contributed by atoms with E-state index < -0.39 is 0 Å². The molecule has 2 rings (SSSR count). The first-order chi connectivity index (χ1) is 8.15. The van der Waals surface area contributed by atoms with Crippen molar-refractivity contribution < 1.29 is 0 Å². The van der Waals surface area contributed by atoms with Gasteiger partial charge in [0.15, 0.2) is 0 Å². The van der Waals surface area contributed by atoms with E-state index in [9.17, 15) is 0 Å². The average molecular weight is 317 g/mol. The molecule has 1 aliphatic rings. The van der Waals surface area contributed by atoms with Crippen LogP contribution in [0, 0.1) is 5.92 Å². The van der Waals surface area contributed by atoms with E-state index in [4.69, 9.17) is 11.6 Å². The fraction of sp³-hybridized carbons (Fsp3) is 0.571. The van der Waals surface area contributed by atoms with Gasteiger partial charge in [-0.2, -0.15) is 0 Å². The SMILES string of the molecule is C[C@@H](Cl)[C@H]1CCCN(Cc2ccc(Br)cc2)C1. The third-order valence-electron chi connectivity index (χ3n) is 3.51. The number of nitrogens with zero attached hydrogens (tertiary/aromatic N) is 1. The van der Waals surface area contributed by atoms with Gasteiger partial charge in [0.25, 0.3) is 0 Å². The molecule has 0 aromatic heterocycles. The molecular weight excluding hydrogens is 298 g/mol. The van der Waals surface area contributed by atoms with Gasteiger partial charge in [0.2, 0.25) is 0 Å². The Hall–Kier alpha value is -0.0500. The summed E-state index contributed by atoms with van der Waals surface area (Å²) in [5, 5.41) is 0.294. The summed E-state index contributed by atoms with van der Waals surface area (Å²) in [6.07, 6.45) is 2.56. The molecule has 94 valence electrons. The Labute approximate surface area is 117 Å². The van der Waals surface area contributed by atoms with Crippen LogP contribution in [0.2, 0.25) is 0 Å². The number of hydrogen-bond acceptors (Lipinski definition) is 1. The normalized spacial score (nSPS) is 23.6. The van der Waals surface area contributed by atoms with E-state index in [-0.39, 0.29) is 0 Å². The van der Waals surface area contributed by atoms with Gasteiger partial charge in [-0.15, -0.1) is 11.6 Å². The summed E-state index contributed by atoms with van der Waals surface area (Å²) < 4.78 is 1.15. The molecule has 0 spiro atoms. The predicted molar refractivity (Wildman–Crippen MR) is 77.5 cm³/mol. The monoisotopic (exact) mass is 315 g/mol. The van der Waals surface area contributed by atoms with Crippen molar-refractivity contribution in [1.29, 1.82) is 0 Å². The molecule has 17 heavy (non-hydrogen) atoms. The lowest BCUT2D eigenvalue weighted by Crippen LogP contribution is -2.37. The molecule has 1 nitrogen and oxygen atoms in total. The Morgan fingerprint density at radius 2 is 2.12 bits per heavy atom. The lowest BCUT2D eigenvalue weighted by molar-refractivity contribution is 0.166. The van der Waals surface area contributed by atoms with E-state index in [2.05, 4.69) is 52.0 Å². The number of hydrogen-bond donors (Lipinski definition) is 0. The number of benzene rings is 1. The predicted octanol–water partition coefficient (Wildman–Crippen LogP) is 4.29. The van der Waals surface area contributed by atoms with Gasteiger partial charge in [0, 0.05) is 22.9 Å². The number of piperidine rings is 1. The fourth-order valence-electron chi connectivity index (χ4n) is 2.46. The second-order valence-electron chi connectivity index (χ2n) is 4.94. The Kier molecular flexibility index (Phi) is 4.89. The zero-order valence-corrected chi connectivity index (χ0v) is 12.5. The van der Waals surface area contributed by atoms with Gasteiger partial charge in [-0.25, -0.2) is 0 Å². The van der Waals surface area contributed by atoms with Crippen LogP contribution in [0.5, 0.6) is 0 Å². The van der Waals surface area contributed by atoms with Gasteiger partial charge in [-0.3, -0.25) is 4.90 Å². The highest BCUT2D eigenvalue weighted by molar-refractivity contribution is 9.10. The Morgan fingerprint density at radius 3 is 2.76 bits per heavy atom. The van der Waals surface area contributed by atoms with Crippen LogP contribution in [0.3, 0.4) is 0 Å². The van der Waals surface area contributed by atoms with Gasteiger partial charge >= 0.3 is 0 Å². The van der Waals surface area contributed by atoms with Crippen LogP contribution >= 0.6 is 27.5 Å². The van der Waals surface area contributed by atoms with Crippen LogP contribution in [0.4, 0.5) is 0 Å². The maximum Gasteiger partial charge on any atom is 0.0348 e. The van der Waals surface area contributed by atoms with Gasteiger partial charge in [-0.05, 0) is 49.9 Å². The molecule has 0 unspecified atom stereocenters. The molecule has 1 aliphatic heterocycles. The summed E-state index contributed by atoms with van der Waals surface area (Å²) >= 11 is 9.68.